The zero-order valence-corrected chi connectivity index (χ0v) is 14.5. The number of benzene rings is 1. The van der Waals surface area contributed by atoms with E-state index >= 15 is 0 Å². The Morgan fingerprint density at radius 2 is 1.92 bits per heavy atom. The van der Waals surface area contributed by atoms with Crippen molar-refractivity contribution in [3.05, 3.63) is 46.8 Å². The summed E-state index contributed by atoms with van der Waals surface area (Å²) in [7, 11) is 0. The number of carbonyl (C=O) groups excluding carboxylic acids is 1. The SMILES string of the molecule is CCOc1cc(C#N)ccc1OCC(=O)c1cc(C)n(CC)c1C. The van der Waals surface area contributed by atoms with Crippen LogP contribution >= 0.6 is 0 Å². The van der Waals surface area contributed by atoms with Crippen LogP contribution in [-0.4, -0.2) is 23.6 Å². The van der Waals surface area contributed by atoms with Crippen molar-refractivity contribution in [3.63, 3.8) is 0 Å². The van der Waals surface area contributed by atoms with E-state index in [2.05, 4.69) is 17.6 Å². The van der Waals surface area contributed by atoms with Crippen molar-refractivity contribution >= 4 is 5.78 Å². The van der Waals surface area contributed by atoms with Crippen LogP contribution < -0.4 is 9.47 Å². The first-order valence-corrected chi connectivity index (χ1v) is 8.01. The van der Waals surface area contributed by atoms with Crippen molar-refractivity contribution in [2.24, 2.45) is 0 Å². The van der Waals surface area contributed by atoms with Crippen molar-refractivity contribution in [2.45, 2.75) is 34.2 Å². The Morgan fingerprint density at radius 3 is 2.50 bits per heavy atom. The maximum atomic E-state index is 12.5. The first-order valence-electron chi connectivity index (χ1n) is 8.01. The van der Waals surface area contributed by atoms with Crippen LogP contribution in [0.2, 0.25) is 0 Å². The van der Waals surface area contributed by atoms with Gasteiger partial charge in [0.2, 0.25) is 5.78 Å². The van der Waals surface area contributed by atoms with Gasteiger partial charge < -0.3 is 14.0 Å². The molecular weight excluding hydrogens is 304 g/mol. The predicted octanol–water partition coefficient (Wildman–Crippen LogP) is 3.66. The molecule has 2 aromatic rings. The Bertz CT molecular complexity index is 785. The molecule has 5 nitrogen and oxygen atoms in total. The van der Waals surface area contributed by atoms with Gasteiger partial charge in [0, 0.05) is 29.6 Å². The van der Waals surface area contributed by atoms with Crippen LogP contribution in [0.4, 0.5) is 0 Å². The normalized spacial score (nSPS) is 10.3. The van der Waals surface area contributed by atoms with E-state index in [0.29, 0.717) is 29.2 Å². The fraction of sp³-hybridized carbons (Fsp3) is 0.368. The summed E-state index contributed by atoms with van der Waals surface area (Å²) in [6.07, 6.45) is 0. The van der Waals surface area contributed by atoms with E-state index in [-0.39, 0.29) is 12.4 Å². The third-order valence-corrected chi connectivity index (χ3v) is 3.92. The lowest BCUT2D eigenvalue weighted by molar-refractivity contribution is 0.0918. The Balaban J connectivity index is 2.16. The highest BCUT2D eigenvalue weighted by Crippen LogP contribution is 2.28. The Labute approximate surface area is 142 Å². The van der Waals surface area contributed by atoms with E-state index in [1.807, 2.05) is 26.8 Å². The van der Waals surface area contributed by atoms with Crippen LogP contribution in [0.1, 0.15) is 41.2 Å². The molecule has 0 saturated carbocycles. The molecule has 0 unspecified atom stereocenters. The highest BCUT2D eigenvalue weighted by atomic mass is 16.5. The number of rotatable bonds is 7. The third-order valence-electron chi connectivity index (χ3n) is 3.92. The van der Waals surface area contributed by atoms with E-state index in [1.54, 1.807) is 18.2 Å². The molecule has 0 spiro atoms. The van der Waals surface area contributed by atoms with Gasteiger partial charge in [-0.15, -0.1) is 0 Å². The minimum atomic E-state index is -0.0744. The number of aryl methyl sites for hydroxylation is 1. The largest absolute Gasteiger partial charge is 0.490 e. The molecule has 0 N–H and O–H groups in total. The quantitative estimate of drug-likeness (QED) is 0.728. The molecule has 126 valence electrons. The summed E-state index contributed by atoms with van der Waals surface area (Å²) in [4.78, 5) is 12.5. The topological polar surface area (TPSA) is 64.2 Å². The average molecular weight is 326 g/mol. The molecule has 1 aromatic heterocycles. The summed E-state index contributed by atoms with van der Waals surface area (Å²) in [5.74, 6) is 0.867. The maximum Gasteiger partial charge on any atom is 0.202 e. The minimum absolute atomic E-state index is 0.0695. The van der Waals surface area contributed by atoms with Gasteiger partial charge in [-0.25, -0.2) is 0 Å². The standard InChI is InChI=1S/C19H22N2O3/c1-5-21-13(3)9-16(14(21)4)17(22)12-24-18-8-7-15(11-20)10-19(18)23-6-2/h7-10H,5-6,12H2,1-4H3. The van der Waals surface area contributed by atoms with Gasteiger partial charge in [-0.1, -0.05) is 0 Å². The number of Topliss-reactive ketones (excluding diaryl/α,β-unsaturated/α-hetero) is 1. The summed E-state index contributed by atoms with van der Waals surface area (Å²) in [5.41, 5.74) is 3.18. The van der Waals surface area contributed by atoms with Crippen LogP contribution in [0, 0.1) is 25.2 Å². The summed E-state index contributed by atoms with van der Waals surface area (Å²) >= 11 is 0. The lowest BCUT2D eigenvalue weighted by Crippen LogP contribution is -2.13. The van der Waals surface area contributed by atoms with Crippen LogP contribution in [0.25, 0.3) is 0 Å². The number of nitrogens with zero attached hydrogens (tertiary/aromatic N) is 2. The summed E-state index contributed by atoms with van der Waals surface area (Å²) in [6, 6.07) is 8.88. The fourth-order valence-corrected chi connectivity index (χ4v) is 2.76. The number of hydrogen-bond acceptors (Lipinski definition) is 4. The lowest BCUT2D eigenvalue weighted by Gasteiger charge is -2.12. The van der Waals surface area contributed by atoms with Crippen molar-refractivity contribution in [1.29, 1.82) is 5.26 Å². The molecule has 0 aliphatic rings. The van der Waals surface area contributed by atoms with Gasteiger partial charge in [-0.3, -0.25) is 4.79 Å². The number of ketones is 1. The van der Waals surface area contributed by atoms with E-state index in [9.17, 15) is 4.79 Å². The second-order valence-corrected chi connectivity index (χ2v) is 5.45. The lowest BCUT2D eigenvalue weighted by atomic mass is 10.1. The number of hydrogen-bond donors (Lipinski definition) is 0. The first kappa shape index (κ1) is 17.6. The molecule has 0 amide bonds. The van der Waals surface area contributed by atoms with Gasteiger partial charge in [0.15, 0.2) is 18.1 Å². The van der Waals surface area contributed by atoms with Gasteiger partial charge in [-0.2, -0.15) is 5.26 Å². The summed E-state index contributed by atoms with van der Waals surface area (Å²) in [5, 5.41) is 8.97. The summed E-state index contributed by atoms with van der Waals surface area (Å²) in [6.45, 7) is 9.05. The Morgan fingerprint density at radius 1 is 1.17 bits per heavy atom. The molecule has 0 atom stereocenters. The van der Waals surface area contributed by atoms with Crippen LogP contribution in [-0.2, 0) is 6.54 Å². The van der Waals surface area contributed by atoms with Gasteiger partial charge in [0.1, 0.15) is 0 Å². The van der Waals surface area contributed by atoms with E-state index in [4.69, 9.17) is 14.7 Å². The first-order chi connectivity index (χ1) is 11.5. The zero-order valence-electron chi connectivity index (χ0n) is 14.5. The molecule has 0 saturated heterocycles. The van der Waals surface area contributed by atoms with Crippen LogP contribution in [0.5, 0.6) is 11.5 Å². The highest BCUT2D eigenvalue weighted by Gasteiger charge is 2.16. The number of nitriles is 1. The molecule has 0 bridgehead atoms. The second-order valence-electron chi connectivity index (χ2n) is 5.45. The zero-order chi connectivity index (χ0) is 17.7. The number of aromatic nitrogens is 1. The van der Waals surface area contributed by atoms with Crippen LogP contribution in [0.15, 0.2) is 24.3 Å². The monoisotopic (exact) mass is 326 g/mol. The summed E-state index contributed by atoms with van der Waals surface area (Å²) < 4.78 is 13.2. The van der Waals surface area contributed by atoms with Crippen molar-refractivity contribution in [1.82, 2.24) is 4.57 Å². The maximum absolute atomic E-state index is 12.5. The molecule has 24 heavy (non-hydrogen) atoms. The molecule has 0 radical (unpaired) electrons. The Kier molecular flexibility index (Phi) is 5.64. The minimum Gasteiger partial charge on any atom is -0.490 e. The molecule has 1 heterocycles. The third kappa shape index (κ3) is 3.60. The van der Waals surface area contributed by atoms with Gasteiger partial charge in [-0.05, 0) is 45.9 Å². The highest BCUT2D eigenvalue weighted by molar-refractivity contribution is 5.98. The molecule has 5 heteroatoms. The van der Waals surface area contributed by atoms with Crippen molar-refractivity contribution in [3.8, 4) is 17.6 Å². The fourth-order valence-electron chi connectivity index (χ4n) is 2.76. The molecule has 0 aliphatic heterocycles. The molecule has 0 fully saturated rings. The molecule has 2 rings (SSSR count). The van der Waals surface area contributed by atoms with Gasteiger partial charge in [0.05, 0.1) is 18.2 Å². The van der Waals surface area contributed by atoms with Gasteiger partial charge in [0.25, 0.3) is 0 Å². The number of carbonyl (C=O) groups is 1. The van der Waals surface area contributed by atoms with E-state index in [1.165, 1.54) is 0 Å². The Hall–Kier alpha value is -2.74. The smallest absolute Gasteiger partial charge is 0.202 e. The molecule has 0 aliphatic carbocycles. The van der Waals surface area contributed by atoms with E-state index in [0.717, 1.165) is 17.9 Å². The van der Waals surface area contributed by atoms with Gasteiger partial charge >= 0.3 is 0 Å². The molecule has 1 aromatic carbocycles. The van der Waals surface area contributed by atoms with Crippen molar-refractivity contribution in [2.75, 3.05) is 13.2 Å². The van der Waals surface area contributed by atoms with Crippen molar-refractivity contribution < 1.29 is 14.3 Å². The van der Waals surface area contributed by atoms with E-state index < -0.39 is 0 Å². The van der Waals surface area contributed by atoms with Crippen LogP contribution in [0.3, 0.4) is 0 Å². The second kappa shape index (κ2) is 7.69. The number of ether oxygens (including phenoxy) is 2. The average Bonchev–Trinajstić information content (AvgIpc) is 2.87. The predicted molar refractivity (Wildman–Crippen MR) is 91.7 cm³/mol. The molecular formula is C19H22N2O3.